The summed E-state index contributed by atoms with van der Waals surface area (Å²) in [5, 5.41) is 2.85. The van der Waals surface area contributed by atoms with Crippen molar-refractivity contribution in [3.05, 3.63) is 42.7 Å². The van der Waals surface area contributed by atoms with E-state index in [1.807, 2.05) is 37.3 Å². The van der Waals surface area contributed by atoms with Gasteiger partial charge in [0.1, 0.15) is 5.82 Å². The zero-order chi connectivity index (χ0) is 13.0. The van der Waals surface area contributed by atoms with Crippen LogP contribution >= 0.6 is 0 Å². The van der Waals surface area contributed by atoms with Crippen molar-refractivity contribution in [2.24, 2.45) is 0 Å². The van der Waals surface area contributed by atoms with Gasteiger partial charge in [0.15, 0.2) is 0 Å². The maximum absolute atomic E-state index is 11.3. The number of carbonyl (C=O) groups is 1. The number of hydrogen-bond donors (Lipinski definition) is 1. The van der Waals surface area contributed by atoms with Gasteiger partial charge in [-0.1, -0.05) is 25.1 Å². The van der Waals surface area contributed by atoms with Crippen LogP contribution in [0.1, 0.15) is 19.2 Å². The Morgan fingerprint density at radius 3 is 3.00 bits per heavy atom. The van der Waals surface area contributed by atoms with E-state index in [0.717, 1.165) is 16.9 Å². The summed E-state index contributed by atoms with van der Waals surface area (Å²) in [5.41, 5.74) is 2.01. The molecule has 0 bridgehead atoms. The smallest absolute Gasteiger partial charge is 0.220 e. The maximum atomic E-state index is 11.3. The number of fused-ring (bicyclic) bond motifs is 1. The fraction of sp³-hybridized carbons (Fsp3) is 0.286. The summed E-state index contributed by atoms with van der Waals surface area (Å²) in [7, 11) is 0. The van der Waals surface area contributed by atoms with Crippen molar-refractivity contribution in [1.29, 1.82) is 0 Å². The summed E-state index contributed by atoms with van der Waals surface area (Å²) >= 11 is 0. The molecule has 4 heteroatoms. The number of benzene rings is 1. The molecule has 0 spiro atoms. The maximum Gasteiger partial charge on any atom is 0.220 e. The van der Waals surface area contributed by atoms with E-state index in [0.29, 0.717) is 19.5 Å². The van der Waals surface area contributed by atoms with Gasteiger partial charge in [-0.3, -0.25) is 4.79 Å². The molecule has 0 aliphatic heterocycles. The molecule has 1 amide bonds. The quantitative estimate of drug-likeness (QED) is 0.819. The van der Waals surface area contributed by atoms with Gasteiger partial charge in [0.2, 0.25) is 5.91 Å². The van der Waals surface area contributed by atoms with Crippen molar-refractivity contribution >= 4 is 16.9 Å². The highest BCUT2D eigenvalue weighted by atomic mass is 16.1. The molecule has 1 aromatic carbocycles. The number of aromatic nitrogens is 2. The number of amides is 1. The van der Waals surface area contributed by atoms with E-state index in [1.54, 1.807) is 0 Å². The Morgan fingerprint density at radius 1 is 1.50 bits per heavy atom. The zero-order valence-electron chi connectivity index (χ0n) is 10.5. The number of para-hydroxylation sites is 2. The molecule has 4 nitrogen and oxygen atoms in total. The lowest BCUT2D eigenvalue weighted by molar-refractivity contribution is -0.120. The van der Waals surface area contributed by atoms with Gasteiger partial charge in [-0.15, -0.1) is 6.58 Å². The lowest BCUT2D eigenvalue weighted by atomic mass is 10.3. The average molecular weight is 243 g/mol. The summed E-state index contributed by atoms with van der Waals surface area (Å²) in [6, 6.07) is 7.94. The van der Waals surface area contributed by atoms with E-state index < -0.39 is 0 Å². The van der Waals surface area contributed by atoms with Gasteiger partial charge in [0.25, 0.3) is 0 Å². The molecule has 0 saturated heterocycles. The van der Waals surface area contributed by atoms with Crippen LogP contribution in [0.25, 0.3) is 11.0 Å². The summed E-state index contributed by atoms with van der Waals surface area (Å²) in [5.74, 6) is 0.894. The number of rotatable bonds is 5. The molecule has 0 aliphatic carbocycles. The Balaban J connectivity index is 2.33. The first-order valence-electron chi connectivity index (χ1n) is 6.08. The van der Waals surface area contributed by atoms with Crippen LogP contribution in [0.4, 0.5) is 0 Å². The lowest BCUT2D eigenvalue weighted by Crippen LogP contribution is -2.23. The van der Waals surface area contributed by atoms with E-state index in [1.165, 1.54) is 0 Å². The Kier molecular flexibility index (Phi) is 3.77. The number of nitrogens with one attached hydrogen (secondary N) is 1. The Bertz CT molecular complexity index is 571. The molecule has 18 heavy (non-hydrogen) atoms. The molecule has 0 radical (unpaired) electrons. The van der Waals surface area contributed by atoms with Gasteiger partial charge in [0, 0.05) is 13.0 Å². The van der Waals surface area contributed by atoms with Crippen molar-refractivity contribution < 1.29 is 4.79 Å². The third-order valence-electron chi connectivity index (χ3n) is 2.81. The minimum absolute atomic E-state index is 0.0345. The van der Waals surface area contributed by atoms with Crippen LogP contribution in [0.2, 0.25) is 0 Å². The van der Waals surface area contributed by atoms with E-state index in [-0.39, 0.29) is 5.91 Å². The number of nitrogens with zero attached hydrogens (tertiary/aromatic N) is 2. The van der Waals surface area contributed by atoms with Crippen LogP contribution in [-0.4, -0.2) is 15.5 Å². The number of carbonyl (C=O) groups excluding carboxylic acids is 1. The first-order valence-corrected chi connectivity index (χ1v) is 6.08. The van der Waals surface area contributed by atoms with Crippen LogP contribution in [0.5, 0.6) is 0 Å². The Labute approximate surface area is 106 Å². The van der Waals surface area contributed by atoms with Crippen LogP contribution in [0, 0.1) is 0 Å². The molecule has 94 valence electrons. The molecular formula is C14H17N3O. The van der Waals surface area contributed by atoms with Gasteiger partial charge in [-0.25, -0.2) is 4.98 Å². The molecular weight excluding hydrogens is 226 g/mol. The van der Waals surface area contributed by atoms with Gasteiger partial charge < -0.3 is 9.88 Å². The molecule has 1 N–H and O–H groups in total. The predicted octanol–water partition coefficient (Wildman–Crippen LogP) is 2.25. The summed E-state index contributed by atoms with van der Waals surface area (Å²) in [6.07, 6.45) is 2.32. The van der Waals surface area contributed by atoms with Crippen molar-refractivity contribution in [2.45, 2.75) is 26.4 Å². The van der Waals surface area contributed by atoms with Crippen LogP contribution in [0.3, 0.4) is 0 Å². The van der Waals surface area contributed by atoms with Crippen LogP contribution in [-0.2, 0) is 17.9 Å². The molecule has 2 aromatic rings. The molecule has 0 atom stereocenters. The zero-order valence-corrected chi connectivity index (χ0v) is 10.5. The predicted molar refractivity (Wildman–Crippen MR) is 72.1 cm³/mol. The van der Waals surface area contributed by atoms with Gasteiger partial charge in [-0.05, 0) is 12.1 Å². The molecule has 0 saturated carbocycles. The first kappa shape index (κ1) is 12.4. The fourth-order valence-electron chi connectivity index (χ4n) is 1.90. The largest absolute Gasteiger partial charge is 0.349 e. The lowest BCUT2D eigenvalue weighted by Gasteiger charge is -2.07. The average Bonchev–Trinajstić information content (AvgIpc) is 2.75. The Hall–Kier alpha value is -2.10. The van der Waals surface area contributed by atoms with Crippen LogP contribution < -0.4 is 5.32 Å². The highest BCUT2D eigenvalue weighted by Crippen LogP contribution is 2.15. The van der Waals surface area contributed by atoms with Gasteiger partial charge in [0.05, 0.1) is 17.6 Å². The van der Waals surface area contributed by atoms with Crippen molar-refractivity contribution in [2.75, 3.05) is 0 Å². The van der Waals surface area contributed by atoms with Crippen molar-refractivity contribution in [3.63, 3.8) is 0 Å². The SMILES string of the molecule is C=CCn1c(CNC(=O)CC)nc2ccccc21. The molecule has 1 heterocycles. The monoisotopic (exact) mass is 243 g/mol. The summed E-state index contributed by atoms with van der Waals surface area (Å²) < 4.78 is 2.07. The molecule has 1 aromatic heterocycles. The second kappa shape index (κ2) is 5.49. The second-order valence-electron chi connectivity index (χ2n) is 4.05. The fourth-order valence-corrected chi connectivity index (χ4v) is 1.90. The highest BCUT2D eigenvalue weighted by Gasteiger charge is 2.09. The minimum atomic E-state index is 0.0345. The molecule has 0 aliphatic rings. The standard InChI is InChI=1S/C14H17N3O/c1-3-9-17-12-8-6-5-7-11(12)16-13(17)10-15-14(18)4-2/h3,5-8H,1,4,9-10H2,2H3,(H,15,18). The number of hydrogen-bond acceptors (Lipinski definition) is 2. The molecule has 0 unspecified atom stereocenters. The third-order valence-corrected chi connectivity index (χ3v) is 2.81. The van der Waals surface area contributed by atoms with E-state index in [2.05, 4.69) is 21.4 Å². The van der Waals surface area contributed by atoms with Gasteiger partial charge in [-0.2, -0.15) is 0 Å². The molecule has 2 rings (SSSR count). The number of allylic oxidation sites excluding steroid dienone is 1. The highest BCUT2D eigenvalue weighted by molar-refractivity contribution is 5.77. The van der Waals surface area contributed by atoms with Crippen molar-refractivity contribution in [3.8, 4) is 0 Å². The first-order chi connectivity index (χ1) is 8.76. The van der Waals surface area contributed by atoms with Gasteiger partial charge >= 0.3 is 0 Å². The van der Waals surface area contributed by atoms with E-state index in [9.17, 15) is 4.79 Å². The summed E-state index contributed by atoms with van der Waals surface area (Å²) in [6.45, 7) is 6.74. The minimum Gasteiger partial charge on any atom is -0.349 e. The Morgan fingerprint density at radius 2 is 2.28 bits per heavy atom. The van der Waals surface area contributed by atoms with Crippen molar-refractivity contribution in [1.82, 2.24) is 14.9 Å². The normalized spacial score (nSPS) is 10.5. The molecule has 0 fully saturated rings. The van der Waals surface area contributed by atoms with E-state index in [4.69, 9.17) is 0 Å². The third kappa shape index (κ3) is 2.42. The van der Waals surface area contributed by atoms with Crippen LogP contribution in [0.15, 0.2) is 36.9 Å². The summed E-state index contributed by atoms with van der Waals surface area (Å²) in [4.78, 5) is 15.8. The van der Waals surface area contributed by atoms with E-state index >= 15 is 0 Å². The number of imidazole rings is 1. The topological polar surface area (TPSA) is 46.9 Å². The second-order valence-corrected chi connectivity index (χ2v) is 4.05.